The number of hydrogen-bond donors (Lipinski definition) is 2. The average Bonchev–Trinajstić information content (AvgIpc) is 2.74. The van der Waals surface area contributed by atoms with Crippen molar-refractivity contribution in [3.05, 3.63) is 48.3 Å². The number of halogens is 3. The van der Waals surface area contributed by atoms with Gasteiger partial charge in [-0.05, 0) is 31.2 Å². The summed E-state index contributed by atoms with van der Waals surface area (Å²) < 4.78 is 38.4. The van der Waals surface area contributed by atoms with Crippen LogP contribution in [0.25, 0.3) is 0 Å². The standard InChI is InChI=1S/C19H21F3N6O2/c1-13(16(29)26-15-5-2-4-14(12-15)19(20,21)22)25-18(30)28-10-8-27(9-11-28)17-23-6-3-7-24-17/h2-7,12-13H,8-11H2,1H3,(H,25,30)(H,26,29)/t13-/m1/s1. The zero-order valence-electron chi connectivity index (χ0n) is 16.2. The maximum absolute atomic E-state index is 12.8. The van der Waals surface area contributed by atoms with E-state index in [4.69, 9.17) is 0 Å². The number of aromatic nitrogens is 2. The van der Waals surface area contributed by atoms with Crippen LogP contribution < -0.4 is 15.5 Å². The van der Waals surface area contributed by atoms with E-state index in [0.29, 0.717) is 32.1 Å². The summed E-state index contributed by atoms with van der Waals surface area (Å²) in [4.78, 5) is 36.6. The van der Waals surface area contributed by atoms with Crippen LogP contribution in [0.5, 0.6) is 0 Å². The SMILES string of the molecule is C[C@@H](NC(=O)N1CCN(c2ncccn2)CC1)C(=O)Nc1cccc(C(F)(F)F)c1. The highest BCUT2D eigenvalue weighted by Crippen LogP contribution is 2.30. The molecule has 0 radical (unpaired) electrons. The summed E-state index contributed by atoms with van der Waals surface area (Å²) in [5.74, 6) is -0.0228. The van der Waals surface area contributed by atoms with Crippen LogP contribution in [0.4, 0.5) is 29.6 Å². The molecule has 2 aromatic rings. The molecular weight excluding hydrogens is 401 g/mol. The zero-order valence-corrected chi connectivity index (χ0v) is 16.2. The molecular formula is C19H21F3N6O2. The topological polar surface area (TPSA) is 90.5 Å². The molecule has 160 valence electrons. The predicted octanol–water partition coefficient (Wildman–Crippen LogP) is 2.35. The smallest absolute Gasteiger partial charge is 0.337 e. The highest BCUT2D eigenvalue weighted by molar-refractivity contribution is 5.96. The van der Waals surface area contributed by atoms with Gasteiger partial charge in [0.1, 0.15) is 6.04 Å². The number of nitrogens with one attached hydrogen (secondary N) is 2. The molecule has 1 aliphatic heterocycles. The van der Waals surface area contributed by atoms with E-state index in [0.717, 1.165) is 12.1 Å². The van der Waals surface area contributed by atoms with E-state index in [1.807, 2.05) is 4.90 Å². The Kier molecular flexibility index (Phi) is 6.38. The molecule has 0 unspecified atom stereocenters. The van der Waals surface area contributed by atoms with Crippen LogP contribution in [0, 0.1) is 0 Å². The van der Waals surface area contributed by atoms with E-state index >= 15 is 0 Å². The Balaban J connectivity index is 1.50. The summed E-state index contributed by atoms with van der Waals surface area (Å²) in [6, 6.07) is 4.69. The molecule has 2 heterocycles. The quantitative estimate of drug-likeness (QED) is 0.790. The maximum atomic E-state index is 12.8. The number of amides is 3. The highest BCUT2D eigenvalue weighted by Gasteiger charge is 2.31. The third-order valence-electron chi connectivity index (χ3n) is 4.59. The Morgan fingerprint density at radius 1 is 1.07 bits per heavy atom. The van der Waals surface area contributed by atoms with Crippen molar-refractivity contribution < 1.29 is 22.8 Å². The van der Waals surface area contributed by atoms with Crippen LogP contribution in [0.15, 0.2) is 42.7 Å². The van der Waals surface area contributed by atoms with Crippen molar-refractivity contribution in [3.63, 3.8) is 0 Å². The number of piperazine rings is 1. The van der Waals surface area contributed by atoms with Crippen molar-refractivity contribution in [2.45, 2.75) is 19.1 Å². The van der Waals surface area contributed by atoms with Gasteiger partial charge in [0, 0.05) is 44.3 Å². The Hall–Kier alpha value is -3.37. The summed E-state index contributed by atoms with van der Waals surface area (Å²) in [7, 11) is 0. The molecule has 0 saturated carbocycles. The highest BCUT2D eigenvalue weighted by atomic mass is 19.4. The number of alkyl halides is 3. The van der Waals surface area contributed by atoms with Crippen molar-refractivity contribution in [2.24, 2.45) is 0 Å². The third kappa shape index (κ3) is 5.37. The number of urea groups is 1. The molecule has 30 heavy (non-hydrogen) atoms. The lowest BCUT2D eigenvalue weighted by Gasteiger charge is -2.35. The minimum Gasteiger partial charge on any atom is -0.337 e. The molecule has 3 amide bonds. The fourth-order valence-electron chi connectivity index (χ4n) is 2.93. The molecule has 1 aromatic carbocycles. The second kappa shape index (κ2) is 8.97. The van der Waals surface area contributed by atoms with Gasteiger partial charge < -0.3 is 20.4 Å². The van der Waals surface area contributed by atoms with E-state index < -0.39 is 29.7 Å². The number of carbonyl (C=O) groups is 2. The summed E-state index contributed by atoms with van der Waals surface area (Å²) in [5.41, 5.74) is -0.857. The number of benzene rings is 1. The van der Waals surface area contributed by atoms with Crippen LogP contribution in [-0.4, -0.2) is 59.0 Å². The van der Waals surface area contributed by atoms with Crippen molar-refractivity contribution in [3.8, 4) is 0 Å². The number of hydrogen-bond acceptors (Lipinski definition) is 5. The van der Waals surface area contributed by atoms with E-state index in [9.17, 15) is 22.8 Å². The minimum atomic E-state index is -4.51. The van der Waals surface area contributed by atoms with Gasteiger partial charge in [0.2, 0.25) is 11.9 Å². The summed E-state index contributed by atoms with van der Waals surface area (Å²) >= 11 is 0. The lowest BCUT2D eigenvalue weighted by molar-refractivity contribution is -0.137. The van der Waals surface area contributed by atoms with Crippen LogP contribution >= 0.6 is 0 Å². The Bertz CT molecular complexity index is 885. The third-order valence-corrected chi connectivity index (χ3v) is 4.59. The van der Waals surface area contributed by atoms with E-state index in [2.05, 4.69) is 20.6 Å². The second-order valence-electron chi connectivity index (χ2n) is 6.76. The van der Waals surface area contributed by atoms with E-state index in [-0.39, 0.29) is 5.69 Å². The molecule has 0 bridgehead atoms. The molecule has 0 spiro atoms. The predicted molar refractivity (Wildman–Crippen MR) is 104 cm³/mol. The normalized spacial score (nSPS) is 15.5. The Labute approximate surface area is 171 Å². The van der Waals surface area contributed by atoms with Crippen molar-refractivity contribution in [2.75, 3.05) is 36.4 Å². The van der Waals surface area contributed by atoms with Crippen LogP contribution in [0.1, 0.15) is 12.5 Å². The molecule has 1 aromatic heterocycles. The monoisotopic (exact) mass is 422 g/mol. The van der Waals surface area contributed by atoms with Gasteiger partial charge in [-0.15, -0.1) is 0 Å². The molecule has 1 saturated heterocycles. The van der Waals surface area contributed by atoms with Gasteiger partial charge in [-0.3, -0.25) is 4.79 Å². The molecule has 8 nitrogen and oxygen atoms in total. The fraction of sp³-hybridized carbons (Fsp3) is 0.368. The van der Waals surface area contributed by atoms with Crippen molar-refractivity contribution >= 4 is 23.6 Å². The van der Waals surface area contributed by atoms with Crippen LogP contribution in [-0.2, 0) is 11.0 Å². The number of carbonyl (C=O) groups excluding carboxylic acids is 2. The van der Waals surface area contributed by atoms with E-state index in [1.165, 1.54) is 19.1 Å². The molecule has 11 heteroatoms. The summed E-state index contributed by atoms with van der Waals surface area (Å²) in [6.07, 6.45) is -1.22. The van der Waals surface area contributed by atoms with Gasteiger partial charge in [0.05, 0.1) is 5.56 Å². The molecule has 1 aliphatic rings. The lowest BCUT2D eigenvalue weighted by atomic mass is 10.2. The Morgan fingerprint density at radius 2 is 1.73 bits per heavy atom. The second-order valence-corrected chi connectivity index (χ2v) is 6.76. The number of anilines is 2. The minimum absolute atomic E-state index is 0.00685. The van der Waals surface area contributed by atoms with Crippen molar-refractivity contribution in [1.29, 1.82) is 0 Å². The lowest BCUT2D eigenvalue weighted by Crippen LogP contribution is -2.55. The Morgan fingerprint density at radius 3 is 2.37 bits per heavy atom. The summed E-state index contributed by atoms with van der Waals surface area (Å²) in [6.45, 7) is 3.40. The molecule has 1 atom stereocenters. The molecule has 3 rings (SSSR count). The first kappa shape index (κ1) is 21.3. The first-order chi connectivity index (χ1) is 14.2. The molecule has 2 N–H and O–H groups in total. The van der Waals surface area contributed by atoms with Gasteiger partial charge in [-0.1, -0.05) is 6.07 Å². The molecule has 1 fully saturated rings. The fourth-order valence-corrected chi connectivity index (χ4v) is 2.93. The van der Waals surface area contributed by atoms with E-state index in [1.54, 1.807) is 23.4 Å². The first-order valence-corrected chi connectivity index (χ1v) is 9.29. The van der Waals surface area contributed by atoms with Gasteiger partial charge in [0.25, 0.3) is 0 Å². The number of rotatable bonds is 4. The summed E-state index contributed by atoms with van der Waals surface area (Å²) in [5, 5.41) is 4.97. The average molecular weight is 422 g/mol. The van der Waals surface area contributed by atoms with Gasteiger partial charge in [0.15, 0.2) is 0 Å². The molecule has 0 aliphatic carbocycles. The van der Waals surface area contributed by atoms with Crippen molar-refractivity contribution in [1.82, 2.24) is 20.2 Å². The largest absolute Gasteiger partial charge is 0.416 e. The zero-order chi connectivity index (χ0) is 21.7. The van der Waals surface area contributed by atoms with Gasteiger partial charge in [-0.2, -0.15) is 13.2 Å². The van der Waals surface area contributed by atoms with Gasteiger partial charge in [-0.25, -0.2) is 14.8 Å². The first-order valence-electron chi connectivity index (χ1n) is 9.29. The van der Waals surface area contributed by atoms with Crippen LogP contribution in [0.3, 0.4) is 0 Å². The van der Waals surface area contributed by atoms with Gasteiger partial charge >= 0.3 is 12.2 Å². The van der Waals surface area contributed by atoms with Crippen LogP contribution in [0.2, 0.25) is 0 Å². The number of nitrogens with zero attached hydrogens (tertiary/aromatic N) is 4. The maximum Gasteiger partial charge on any atom is 0.416 e.